The molecule has 0 radical (unpaired) electrons. The van der Waals surface area contributed by atoms with E-state index < -0.39 is 17.2 Å². The Morgan fingerprint density at radius 2 is 2.00 bits per heavy atom. The number of nitrogens with zero attached hydrogens (tertiary/aromatic N) is 4. The molecule has 0 fully saturated rings. The molecule has 130 valence electrons. The van der Waals surface area contributed by atoms with Crippen LogP contribution in [0, 0.1) is 0 Å². The van der Waals surface area contributed by atoms with Crippen molar-refractivity contribution >= 4 is 22.8 Å². The zero-order valence-electron chi connectivity index (χ0n) is 14.3. The maximum Gasteiger partial charge on any atom is 0.332 e. The lowest BCUT2D eigenvalue weighted by atomic mass is 10.1. The summed E-state index contributed by atoms with van der Waals surface area (Å²) in [5.41, 5.74) is 1.19. The van der Waals surface area contributed by atoms with E-state index in [0.717, 1.165) is 16.6 Å². The summed E-state index contributed by atoms with van der Waals surface area (Å²) >= 11 is 0. The molecule has 25 heavy (non-hydrogen) atoms. The number of carbonyl (C=O) groups excluding carboxylic acids is 1. The van der Waals surface area contributed by atoms with Gasteiger partial charge in [-0.05, 0) is 24.1 Å². The maximum atomic E-state index is 12.6. The van der Waals surface area contributed by atoms with Gasteiger partial charge in [0.05, 0.1) is 6.33 Å². The van der Waals surface area contributed by atoms with E-state index in [1.165, 1.54) is 22.5 Å². The minimum Gasteiger partial charge on any atom is -0.328 e. The highest BCUT2D eigenvalue weighted by Crippen LogP contribution is 2.11. The van der Waals surface area contributed by atoms with Crippen LogP contribution in [0.4, 0.5) is 5.69 Å². The number of carbonyl (C=O) groups is 1. The zero-order chi connectivity index (χ0) is 18.1. The summed E-state index contributed by atoms with van der Waals surface area (Å²) in [6.45, 7) is 1.66. The number of imidazole rings is 1. The van der Waals surface area contributed by atoms with Crippen molar-refractivity contribution in [2.75, 3.05) is 5.32 Å². The number of rotatable bonds is 4. The maximum absolute atomic E-state index is 12.6. The van der Waals surface area contributed by atoms with Crippen LogP contribution in [-0.4, -0.2) is 24.6 Å². The third-order valence-corrected chi connectivity index (χ3v) is 4.12. The molecule has 3 aromatic rings. The van der Waals surface area contributed by atoms with Crippen LogP contribution < -0.4 is 16.6 Å². The Morgan fingerprint density at radius 1 is 1.24 bits per heavy atom. The van der Waals surface area contributed by atoms with Crippen LogP contribution in [0.25, 0.3) is 11.2 Å². The van der Waals surface area contributed by atoms with Crippen molar-refractivity contribution in [1.82, 2.24) is 18.7 Å². The molecule has 0 unspecified atom stereocenters. The molecule has 0 atom stereocenters. The van der Waals surface area contributed by atoms with Gasteiger partial charge in [-0.15, -0.1) is 0 Å². The van der Waals surface area contributed by atoms with Crippen molar-refractivity contribution < 1.29 is 4.79 Å². The molecule has 0 aliphatic heterocycles. The molecule has 0 saturated carbocycles. The molecular formula is C17H19N5O3. The number of hydrogen-bond acceptors (Lipinski definition) is 4. The van der Waals surface area contributed by atoms with Gasteiger partial charge in [-0.3, -0.25) is 14.2 Å². The van der Waals surface area contributed by atoms with Gasteiger partial charge in [-0.25, -0.2) is 14.3 Å². The number of nitrogens with one attached hydrogen (secondary N) is 1. The Kier molecular flexibility index (Phi) is 4.26. The number of aromatic nitrogens is 4. The number of fused-ring (bicyclic) bond motifs is 1. The van der Waals surface area contributed by atoms with Gasteiger partial charge >= 0.3 is 5.69 Å². The fourth-order valence-corrected chi connectivity index (χ4v) is 2.75. The average Bonchev–Trinajstić information content (AvgIpc) is 2.99. The predicted molar refractivity (Wildman–Crippen MR) is 94.7 cm³/mol. The largest absolute Gasteiger partial charge is 0.332 e. The van der Waals surface area contributed by atoms with Crippen molar-refractivity contribution in [3.8, 4) is 0 Å². The van der Waals surface area contributed by atoms with Crippen LogP contribution in [0.3, 0.4) is 0 Å². The van der Waals surface area contributed by atoms with Crippen LogP contribution in [0.5, 0.6) is 0 Å². The molecule has 0 aliphatic carbocycles. The molecule has 3 rings (SSSR count). The van der Waals surface area contributed by atoms with E-state index in [0.29, 0.717) is 11.3 Å². The molecule has 0 spiro atoms. The van der Waals surface area contributed by atoms with E-state index in [2.05, 4.69) is 10.3 Å². The van der Waals surface area contributed by atoms with E-state index in [1.54, 1.807) is 13.1 Å². The summed E-state index contributed by atoms with van der Waals surface area (Å²) in [7, 11) is 3.19. The Balaban J connectivity index is 1.95. The second kappa shape index (κ2) is 6.39. The van der Waals surface area contributed by atoms with Crippen LogP contribution in [0.15, 0.2) is 40.2 Å². The van der Waals surface area contributed by atoms with E-state index in [9.17, 15) is 14.4 Å². The minimum absolute atomic E-state index is 0.280. The highest BCUT2D eigenvalue weighted by molar-refractivity contribution is 5.90. The van der Waals surface area contributed by atoms with Gasteiger partial charge in [0, 0.05) is 19.8 Å². The molecule has 1 aromatic carbocycles. The van der Waals surface area contributed by atoms with Gasteiger partial charge in [-0.2, -0.15) is 0 Å². The molecule has 8 nitrogen and oxygen atoms in total. The van der Waals surface area contributed by atoms with Gasteiger partial charge in [0.25, 0.3) is 5.56 Å². The third kappa shape index (κ3) is 2.98. The SMILES string of the molecule is CCc1cccc(NC(=O)Cn2c(=O)c3c(ncn3C)n(C)c2=O)c1. The second-order valence-corrected chi connectivity index (χ2v) is 5.86. The predicted octanol–water partition coefficient (Wildman–Crippen LogP) is 0.635. The molecule has 8 heteroatoms. The quantitative estimate of drug-likeness (QED) is 0.754. The Bertz CT molecular complexity index is 1070. The first-order valence-electron chi connectivity index (χ1n) is 7.92. The van der Waals surface area contributed by atoms with Crippen molar-refractivity contribution in [3.63, 3.8) is 0 Å². The van der Waals surface area contributed by atoms with Gasteiger partial charge in [0.15, 0.2) is 11.2 Å². The van der Waals surface area contributed by atoms with Crippen LogP contribution >= 0.6 is 0 Å². The van der Waals surface area contributed by atoms with Gasteiger partial charge in [0.1, 0.15) is 6.54 Å². The highest BCUT2D eigenvalue weighted by Gasteiger charge is 2.17. The average molecular weight is 341 g/mol. The zero-order valence-corrected chi connectivity index (χ0v) is 14.3. The number of benzene rings is 1. The van der Waals surface area contributed by atoms with Crippen LogP contribution in [0.2, 0.25) is 0 Å². The monoisotopic (exact) mass is 341 g/mol. The Morgan fingerprint density at radius 3 is 2.72 bits per heavy atom. The first-order valence-corrected chi connectivity index (χ1v) is 7.92. The summed E-state index contributed by atoms with van der Waals surface area (Å²) in [5.74, 6) is -0.436. The number of aryl methyl sites for hydroxylation is 3. The van der Waals surface area contributed by atoms with Crippen molar-refractivity contribution in [1.29, 1.82) is 0 Å². The van der Waals surface area contributed by atoms with Gasteiger partial charge in [-0.1, -0.05) is 19.1 Å². The minimum atomic E-state index is -0.575. The first kappa shape index (κ1) is 16.7. The lowest BCUT2D eigenvalue weighted by molar-refractivity contribution is -0.116. The van der Waals surface area contributed by atoms with E-state index in [4.69, 9.17) is 0 Å². The Hall–Kier alpha value is -3.16. The van der Waals surface area contributed by atoms with Crippen LogP contribution in [-0.2, 0) is 31.9 Å². The molecule has 1 amide bonds. The molecule has 2 aromatic heterocycles. The topological polar surface area (TPSA) is 90.9 Å². The fraction of sp³-hybridized carbons (Fsp3) is 0.294. The van der Waals surface area contributed by atoms with E-state index >= 15 is 0 Å². The number of amides is 1. The summed E-state index contributed by atoms with van der Waals surface area (Å²) < 4.78 is 3.72. The highest BCUT2D eigenvalue weighted by atomic mass is 16.2. The summed E-state index contributed by atoms with van der Waals surface area (Å²) in [6, 6.07) is 7.44. The number of anilines is 1. The second-order valence-electron chi connectivity index (χ2n) is 5.86. The fourth-order valence-electron chi connectivity index (χ4n) is 2.75. The third-order valence-electron chi connectivity index (χ3n) is 4.12. The lowest BCUT2D eigenvalue weighted by Gasteiger charge is -2.10. The standard InChI is InChI=1S/C17H19N5O3/c1-4-11-6-5-7-12(8-11)19-13(23)9-22-16(24)14-15(18-10-20(14)2)21(3)17(22)25/h5-8,10H,4,9H2,1-3H3,(H,19,23). The van der Waals surface area contributed by atoms with Gasteiger partial charge < -0.3 is 9.88 Å². The lowest BCUT2D eigenvalue weighted by Crippen LogP contribution is -2.42. The molecule has 1 N–H and O–H groups in total. The van der Waals surface area contributed by atoms with Gasteiger partial charge in [0.2, 0.25) is 5.91 Å². The molecule has 0 aliphatic rings. The number of hydrogen-bond donors (Lipinski definition) is 1. The van der Waals surface area contributed by atoms with E-state index in [1.807, 2.05) is 25.1 Å². The van der Waals surface area contributed by atoms with Crippen molar-refractivity contribution in [2.24, 2.45) is 14.1 Å². The summed E-state index contributed by atoms with van der Waals surface area (Å²) in [4.78, 5) is 41.4. The van der Waals surface area contributed by atoms with E-state index in [-0.39, 0.29) is 12.1 Å². The Labute approximate surface area is 143 Å². The smallest absolute Gasteiger partial charge is 0.328 e. The van der Waals surface area contributed by atoms with Crippen molar-refractivity contribution in [3.05, 3.63) is 57.0 Å². The van der Waals surface area contributed by atoms with Crippen molar-refractivity contribution in [2.45, 2.75) is 19.9 Å². The molecule has 2 heterocycles. The molecule has 0 saturated heterocycles. The van der Waals surface area contributed by atoms with Crippen LogP contribution in [0.1, 0.15) is 12.5 Å². The summed E-state index contributed by atoms with van der Waals surface area (Å²) in [5, 5.41) is 2.73. The first-order chi connectivity index (χ1) is 11.9. The summed E-state index contributed by atoms with van der Waals surface area (Å²) in [6.07, 6.45) is 2.31. The normalized spacial score (nSPS) is 11.0. The molecular weight excluding hydrogens is 322 g/mol. The molecule has 0 bridgehead atoms.